The van der Waals surface area contributed by atoms with Gasteiger partial charge < -0.3 is 15.5 Å². The van der Waals surface area contributed by atoms with Crippen LogP contribution >= 0.6 is 0 Å². The van der Waals surface area contributed by atoms with Crippen LogP contribution in [0.4, 0.5) is 11.4 Å². The minimum absolute atomic E-state index is 0.0619. The van der Waals surface area contributed by atoms with Gasteiger partial charge in [0, 0.05) is 24.7 Å². The van der Waals surface area contributed by atoms with Crippen LogP contribution in [-0.2, 0) is 9.59 Å². The zero-order valence-corrected chi connectivity index (χ0v) is 16.7. The summed E-state index contributed by atoms with van der Waals surface area (Å²) in [6.07, 6.45) is 2.16. The Bertz CT molecular complexity index is 981. The highest BCUT2D eigenvalue weighted by atomic mass is 16.2. The van der Waals surface area contributed by atoms with Gasteiger partial charge in [-0.05, 0) is 62.1 Å². The minimum atomic E-state index is -0.455. The summed E-state index contributed by atoms with van der Waals surface area (Å²) in [5.74, 6) is -0.934. The molecule has 4 rings (SSSR count). The van der Waals surface area contributed by atoms with Crippen LogP contribution in [0.2, 0.25) is 0 Å². The maximum absolute atomic E-state index is 12.8. The number of rotatable bonds is 5. The average Bonchev–Trinajstić information content (AvgIpc) is 3.43. The Kier molecular flexibility index (Phi) is 5.09. The highest BCUT2D eigenvalue weighted by Gasteiger charge is 2.35. The third-order valence-corrected chi connectivity index (χ3v) is 5.64. The molecular weight excluding hydrogens is 366 g/mol. The number of amides is 3. The zero-order valence-electron chi connectivity index (χ0n) is 16.7. The van der Waals surface area contributed by atoms with Crippen molar-refractivity contribution in [1.82, 2.24) is 5.32 Å². The van der Waals surface area contributed by atoms with Crippen LogP contribution in [0.25, 0.3) is 0 Å². The maximum Gasteiger partial charge on any atom is 0.253 e. The van der Waals surface area contributed by atoms with Crippen LogP contribution in [-0.4, -0.2) is 30.3 Å². The molecule has 2 aromatic rings. The highest BCUT2D eigenvalue weighted by molar-refractivity contribution is 6.07. The maximum atomic E-state index is 12.8. The molecule has 1 atom stereocenters. The molecule has 0 radical (unpaired) electrons. The normalized spacial score (nSPS) is 18.6. The van der Waals surface area contributed by atoms with Gasteiger partial charge in [0.25, 0.3) is 5.91 Å². The number of hydrogen-bond acceptors (Lipinski definition) is 3. The molecule has 0 unspecified atom stereocenters. The fourth-order valence-electron chi connectivity index (χ4n) is 3.54. The van der Waals surface area contributed by atoms with Gasteiger partial charge in [0.05, 0.1) is 17.2 Å². The lowest BCUT2D eigenvalue weighted by molar-refractivity contribution is -0.122. The predicted octanol–water partition coefficient (Wildman–Crippen LogP) is 3.19. The molecule has 3 amide bonds. The van der Waals surface area contributed by atoms with Gasteiger partial charge in [-0.25, -0.2) is 0 Å². The summed E-state index contributed by atoms with van der Waals surface area (Å²) in [4.78, 5) is 39.5. The zero-order chi connectivity index (χ0) is 20.5. The van der Waals surface area contributed by atoms with Crippen molar-refractivity contribution in [3.8, 4) is 0 Å². The van der Waals surface area contributed by atoms with Crippen molar-refractivity contribution in [1.29, 1.82) is 0 Å². The first kappa shape index (κ1) is 19.2. The molecule has 29 heavy (non-hydrogen) atoms. The number of anilines is 2. The molecule has 2 aromatic carbocycles. The van der Waals surface area contributed by atoms with E-state index in [9.17, 15) is 14.4 Å². The van der Waals surface area contributed by atoms with E-state index in [2.05, 4.69) is 10.6 Å². The predicted molar refractivity (Wildman–Crippen MR) is 112 cm³/mol. The molecule has 1 saturated carbocycles. The molecule has 2 fully saturated rings. The summed E-state index contributed by atoms with van der Waals surface area (Å²) in [7, 11) is 0. The standard InChI is InChI=1S/C23H25N3O3/c1-14-7-10-18(11-15(14)2)26-13-16(12-21(26)27)22(28)25-20-6-4-3-5-19(20)23(29)24-17-8-9-17/h3-7,10-11,16-17H,8-9,12-13H2,1-2H3,(H,24,29)(H,25,28)/t16-/m0/s1. The van der Waals surface area contributed by atoms with Crippen LogP contribution in [0.1, 0.15) is 40.7 Å². The first-order valence-corrected chi connectivity index (χ1v) is 10.0. The van der Waals surface area contributed by atoms with Gasteiger partial charge in [-0.3, -0.25) is 14.4 Å². The molecule has 1 heterocycles. The van der Waals surface area contributed by atoms with Gasteiger partial charge in [-0.15, -0.1) is 0 Å². The fraction of sp³-hybridized carbons (Fsp3) is 0.348. The van der Waals surface area contributed by atoms with Gasteiger partial charge in [-0.2, -0.15) is 0 Å². The molecule has 0 aromatic heterocycles. The van der Waals surface area contributed by atoms with E-state index in [0.717, 1.165) is 29.7 Å². The van der Waals surface area contributed by atoms with Crippen molar-refractivity contribution in [3.05, 3.63) is 59.2 Å². The molecule has 1 aliphatic heterocycles. The molecule has 6 heteroatoms. The second-order valence-corrected chi connectivity index (χ2v) is 7.96. The number of nitrogens with one attached hydrogen (secondary N) is 2. The smallest absolute Gasteiger partial charge is 0.253 e. The second kappa shape index (κ2) is 7.70. The summed E-state index contributed by atoms with van der Waals surface area (Å²) in [6, 6.07) is 13.1. The summed E-state index contributed by atoms with van der Waals surface area (Å²) in [5.41, 5.74) is 4.02. The van der Waals surface area contributed by atoms with Crippen molar-refractivity contribution < 1.29 is 14.4 Å². The Morgan fingerprint density at radius 1 is 1.03 bits per heavy atom. The molecule has 1 saturated heterocycles. The quantitative estimate of drug-likeness (QED) is 0.822. The Balaban J connectivity index is 1.46. The number of para-hydroxylation sites is 1. The molecule has 2 aliphatic rings. The van der Waals surface area contributed by atoms with Crippen LogP contribution in [0.15, 0.2) is 42.5 Å². The van der Waals surface area contributed by atoms with E-state index in [4.69, 9.17) is 0 Å². The molecule has 2 N–H and O–H groups in total. The first-order chi connectivity index (χ1) is 13.9. The van der Waals surface area contributed by atoms with Crippen molar-refractivity contribution >= 4 is 29.1 Å². The minimum Gasteiger partial charge on any atom is -0.349 e. The van der Waals surface area contributed by atoms with E-state index in [1.54, 1.807) is 29.2 Å². The SMILES string of the molecule is Cc1ccc(N2C[C@@H](C(=O)Nc3ccccc3C(=O)NC3CC3)CC2=O)cc1C. The van der Waals surface area contributed by atoms with Crippen LogP contribution in [0.5, 0.6) is 0 Å². The van der Waals surface area contributed by atoms with Crippen LogP contribution in [0, 0.1) is 19.8 Å². The van der Waals surface area contributed by atoms with Crippen LogP contribution in [0.3, 0.4) is 0 Å². The molecule has 0 bridgehead atoms. The Morgan fingerprint density at radius 3 is 2.52 bits per heavy atom. The van der Waals surface area contributed by atoms with Gasteiger partial charge >= 0.3 is 0 Å². The van der Waals surface area contributed by atoms with E-state index in [1.165, 1.54) is 0 Å². The topological polar surface area (TPSA) is 78.5 Å². The largest absolute Gasteiger partial charge is 0.349 e. The molecule has 150 valence electrons. The molecule has 1 aliphatic carbocycles. The van der Waals surface area contributed by atoms with Gasteiger partial charge in [0.1, 0.15) is 0 Å². The summed E-state index contributed by atoms with van der Waals surface area (Å²) in [6.45, 7) is 4.37. The summed E-state index contributed by atoms with van der Waals surface area (Å²) in [5, 5.41) is 5.81. The number of hydrogen-bond donors (Lipinski definition) is 2. The van der Waals surface area contributed by atoms with E-state index in [-0.39, 0.29) is 30.2 Å². The highest BCUT2D eigenvalue weighted by Crippen LogP contribution is 2.28. The lowest BCUT2D eigenvalue weighted by Crippen LogP contribution is -2.30. The van der Waals surface area contributed by atoms with Crippen molar-refractivity contribution in [2.45, 2.75) is 39.2 Å². The summed E-state index contributed by atoms with van der Waals surface area (Å²) < 4.78 is 0. The summed E-state index contributed by atoms with van der Waals surface area (Å²) >= 11 is 0. The Hall–Kier alpha value is -3.15. The lowest BCUT2D eigenvalue weighted by atomic mass is 10.1. The van der Waals surface area contributed by atoms with Crippen molar-refractivity contribution in [2.24, 2.45) is 5.92 Å². The fourth-order valence-corrected chi connectivity index (χ4v) is 3.54. The van der Waals surface area contributed by atoms with E-state index < -0.39 is 5.92 Å². The second-order valence-electron chi connectivity index (χ2n) is 7.96. The third-order valence-electron chi connectivity index (χ3n) is 5.64. The van der Waals surface area contributed by atoms with Gasteiger partial charge in [0.15, 0.2) is 0 Å². The van der Waals surface area contributed by atoms with E-state index in [1.807, 2.05) is 32.0 Å². The lowest BCUT2D eigenvalue weighted by Gasteiger charge is -2.18. The number of benzene rings is 2. The molecule has 0 spiro atoms. The van der Waals surface area contributed by atoms with E-state index in [0.29, 0.717) is 17.8 Å². The molecular formula is C23H25N3O3. The Labute approximate surface area is 170 Å². The van der Waals surface area contributed by atoms with Gasteiger partial charge in [0.2, 0.25) is 11.8 Å². The Morgan fingerprint density at radius 2 is 1.79 bits per heavy atom. The first-order valence-electron chi connectivity index (χ1n) is 10.0. The van der Waals surface area contributed by atoms with Crippen LogP contribution < -0.4 is 15.5 Å². The van der Waals surface area contributed by atoms with Crippen molar-refractivity contribution in [2.75, 3.05) is 16.8 Å². The number of carbonyl (C=O) groups excluding carboxylic acids is 3. The van der Waals surface area contributed by atoms with Gasteiger partial charge in [-0.1, -0.05) is 18.2 Å². The molecule has 6 nitrogen and oxygen atoms in total. The van der Waals surface area contributed by atoms with Crippen molar-refractivity contribution in [3.63, 3.8) is 0 Å². The monoisotopic (exact) mass is 391 g/mol. The van der Waals surface area contributed by atoms with E-state index >= 15 is 0 Å². The average molecular weight is 391 g/mol. The third kappa shape index (κ3) is 4.16. The number of carbonyl (C=O) groups is 3. The number of nitrogens with zero attached hydrogens (tertiary/aromatic N) is 1. The number of aryl methyl sites for hydroxylation is 2.